The molecule has 0 saturated heterocycles. The molecule has 7 heteroatoms. The molecule has 0 fully saturated rings. The van der Waals surface area contributed by atoms with E-state index >= 15 is 0 Å². The molecule has 2 N–H and O–H groups in total. The number of benzene rings is 2. The fourth-order valence-corrected chi connectivity index (χ4v) is 2.00. The van der Waals surface area contributed by atoms with E-state index in [2.05, 4.69) is 15.0 Å². The van der Waals surface area contributed by atoms with E-state index in [-0.39, 0.29) is 11.6 Å². The molecule has 1 aromatic heterocycles. The molecule has 0 bridgehead atoms. The number of nitrogens with two attached hydrogens (primary N) is 1. The van der Waals surface area contributed by atoms with E-state index in [1.54, 1.807) is 12.1 Å². The van der Waals surface area contributed by atoms with Gasteiger partial charge in [0.2, 0.25) is 5.95 Å². The molecule has 1 heterocycles. The van der Waals surface area contributed by atoms with Crippen LogP contribution in [0.4, 0.5) is 11.6 Å². The molecule has 0 aliphatic heterocycles. The van der Waals surface area contributed by atoms with Gasteiger partial charge in [0.15, 0.2) is 11.6 Å². The molecule has 0 spiro atoms. The Bertz CT molecular complexity index is 836. The second kappa shape index (κ2) is 5.57. The third-order valence-corrected chi connectivity index (χ3v) is 3.00. The summed E-state index contributed by atoms with van der Waals surface area (Å²) in [4.78, 5) is 22.9. The molecule has 0 atom stereocenters. The van der Waals surface area contributed by atoms with Gasteiger partial charge in [-0.1, -0.05) is 42.5 Å². The van der Waals surface area contributed by atoms with Gasteiger partial charge >= 0.3 is 0 Å². The van der Waals surface area contributed by atoms with Crippen molar-refractivity contribution in [3.8, 4) is 22.8 Å². The molecular formula is C15H11N5O2. The molecule has 2 aromatic carbocycles. The first-order valence-electron chi connectivity index (χ1n) is 6.45. The number of nitrogens with zero attached hydrogens (tertiary/aromatic N) is 4. The zero-order valence-corrected chi connectivity index (χ0v) is 11.4. The lowest BCUT2D eigenvalue weighted by Crippen LogP contribution is -2.02. The van der Waals surface area contributed by atoms with Gasteiger partial charge in [0, 0.05) is 23.3 Å². The fourth-order valence-electron chi connectivity index (χ4n) is 2.00. The van der Waals surface area contributed by atoms with Crippen LogP contribution in [0.15, 0.2) is 54.6 Å². The second-order valence-corrected chi connectivity index (χ2v) is 4.51. The number of non-ortho nitro benzene ring substituents is 1. The van der Waals surface area contributed by atoms with Crippen LogP contribution < -0.4 is 5.73 Å². The number of nitro benzene ring substituents is 1. The van der Waals surface area contributed by atoms with Crippen LogP contribution in [-0.2, 0) is 0 Å². The number of rotatable bonds is 3. The smallest absolute Gasteiger partial charge is 0.270 e. The molecule has 0 radical (unpaired) electrons. The minimum Gasteiger partial charge on any atom is -0.368 e. The number of nitro groups is 1. The Morgan fingerprint density at radius 1 is 0.864 bits per heavy atom. The van der Waals surface area contributed by atoms with Crippen molar-refractivity contribution in [2.45, 2.75) is 0 Å². The summed E-state index contributed by atoms with van der Waals surface area (Å²) in [5.41, 5.74) is 7.02. The van der Waals surface area contributed by atoms with Crippen molar-refractivity contribution in [3.05, 3.63) is 64.7 Å². The van der Waals surface area contributed by atoms with E-state index in [9.17, 15) is 10.1 Å². The SMILES string of the molecule is Nc1nc(-c2ccccc2)nc(-c2cccc([N+](=O)[O-])c2)n1. The van der Waals surface area contributed by atoms with Crippen LogP contribution in [0.25, 0.3) is 22.8 Å². The van der Waals surface area contributed by atoms with Crippen molar-refractivity contribution in [1.29, 1.82) is 0 Å². The van der Waals surface area contributed by atoms with Crippen molar-refractivity contribution in [2.75, 3.05) is 5.73 Å². The Morgan fingerprint density at radius 3 is 2.18 bits per heavy atom. The largest absolute Gasteiger partial charge is 0.368 e. The van der Waals surface area contributed by atoms with Gasteiger partial charge in [-0.2, -0.15) is 9.97 Å². The Labute approximate surface area is 125 Å². The van der Waals surface area contributed by atoms with Gasteiger partial charge in [0.1, 0.15) is 0 Å². The number of aromatic nitrogens is 3. The summed E-state index contributed by atoms with van der Waals surface area (Å²) in [5.74, 6) is 0.792. The molecule has 3 aromatic rings. The molecule has 0 amide bonds. The first-order valence-corrected chi connectivity index (χ1v) is 6.45. The van der Waals surface area contributed by atoms with Gasteiger partial charge in [-0.3, -0.25) is 10.1 Å². The summed E-state index contributed by atoms with van der Waals surface area (Å²) in [6, 6.07) is 15.4. The van der Waals surface area contributed by atoms with Crippen molar-refractivity contribution in [2.24, 2.45) is 0 Å². The van der Waals surface area contributed by atoms with Gasteiger partial charge < -0.3 is 5.73 Å². The van der Waals surface area contributed by atoms with Crippen molar-refractivity contribution in [1.82, 2.24) is 15.0 Å². The summed E-state index contributed by atoms with van der Waals surface area (Å²) >= 11 is 0. The van der Waals surface area contributed by atoms with Gasteiger partial charge in [-0.15, -0.1) is 0 Å². The third kappa shape index (κ3) is 2.73. The van der Waals surface area contributed by atoms with E-state index in [0.29, 0.717) is 17.2 Å². The van der Waals surface area contributed by atoms with Crippen LogP contribution in [0, 0.1) is 10.1 Å². The van der Waals surface area contributed by atoms with Crippen LogP contribution >= 0.6 is 0 Å². The topological polar surface area (TPSA) is 108 Å². The van der Waals surface area contributed by atoms with E-state index in [0.717, 1.165) is 5.56 Å². The van der Waals surface area contributed by atoms with E-state index in [4.69, 9.17) is 5.73 Å². The molecule has 108 valence electrons. The summed E-state index contributed by atoms with van der Waals surface area (Å²) in [5, 5.41) is 10.9. The van der Waals surface area contributed by atoms with E-state index < -0.39 is 4.92 Å². The number of nitrogen functional groups attached to an aromatic ring is 1. The maximum Gasteiger partial charge on any atom is 0.270 e. The first-order chi connectivity index (χ1) is 10.6. The minimum absolute atomic E-state index is 0.0299. The van der Waals surface area contributed by atoms with Crippen LogP contribution in [0.5, 0.6) is 0 Å². The average molecular weight is 293 g/mol. The lowest BCUT2D eigenvalue weighted by atomic mass is 10.2. The highest BCUT2D eigenvalue weighted by Crippen LogP contribution is 2.23. The molecule has 0 aliphatic rings. The normalized spacial score (nSPS) is 10.4. The van der Waals surface area contributed by atoms with Crippen molar-refractivity contribution in [3.63, 3.8) is 0 Å². The molecule has 0 unspecified atom stereocenters. The molecular weight excluding hydrogens is 282 g/mol. The lowest BCUT2D eigenvalue weighted by molar-refractivity contribution is -0.384. The average Bonchev–Trinajstić information content (AvgIpc) is 2.55. The van der Waals surface area contributed by atoms with Gasteiger partial charge in [0.25, 0.3) is 5.69 Å². The Balaban J connectivity index is 2.10. The number of hydrogen-bond acceptors (Lipinski definition) is 6. The highest BCUT2D eigenvalue weighted by atomic mass is 16.6. The van der Waals surface area contributed by atoms with Crippen molar-refractivity contribution < 1.29 is 4.92 Å². The summed E-state index contributed by atoms with van der Waals surface area (Å²) in [6.07, 6.45) is 0. The van der Waals surface area contributed by atoms with Crippen LogP contribution in [0.2, 0.25) is 0 Å². The molecule has 3 rings (SSSR count). The summed E-state index contributed by atoms with van der Waals surface area (Å²) in [7, 11) is 0. The highest BCUT2D eigenvalue weighted by Gasteiger charge is 2.12. The van der Waals surface area contributed by atoms with Gasteiger partial charge in [-0.25, -0.2) is 4.98 Å². The predicted octanol–water partition coefficient (Wildman–Crippen LogP) is 2.70. The lowest BCUT2D eigenvalue weighted by Gasteiger charge is -2.05. The Hall–Kier alpha value is -3.35. The Kier molecular flexibility index (Phi) is 3.45. The number of hydrogen-bond donors (Lipinski definition) is 1. The monoisotopic (exact) mass is 293 g/mol. The zero-order valence-electron chi connectivity index (χ0n) is 11.4. The third-order valence-electron chi connectivity index (χ3n) is 3.00. The quantitative estimate of drug-likeness (QED) is 0.587. The molecule has 0 aliphatic carbocycles. The summed E-state index contributed by atoms with van der Waals surface area (Å²) in [6.45, 7) is 0. The number of anilines is 1. The standard InChI is InChI=1S/C15H11N5O2/c16-15-18-13(10-5-2-1-3-6-10)17-14(19-15)11-7-4-8-12(9-11)20(21)22/h1-9H,(H2,16,17,18,19). The van der Waals surface area contributed by atoms with Crippen LogP contribution in [0.3, 0.4) is 0 Å². The van der Waals surface area contributed by atoms with Gasteiger partial charge in [-0.05, 0) is 0 Å². The first kappa shape index (κ1) is 13.6. The van der Waals surface area contributed by atoms with Crippen LogP contribution in [-0.4, -0.2) is 19.9 Å². The summed E-state index contributed by atoms with van der Waals surface area (Å²) < 4.78 is 0. The minimum atomic E-state index is -0.466. The fraction of sp³-hybridized carbons (Fsp3) is 0. The second-order valence-electron chi connectivity index (χ2n) is 4.51. The zero-order chi connectivity index (χ0) is 15.5. The van der Waals surface area contributed by atoms with E-state index in [1.165, 1.54) is 12.1 Å². The molecule has 22 heavy (non-hydrogen) atoms. The van der Waals surface area contributed by atoms with E-state index in [1.807, 2.05) is 30.3 Å². The Morgan fingerprint density at radius 2 is 1.50 bits per heavy atom. The maximum absolute atomic E-state index is 10.9. The maximum atomic E-state index is 10.9. The van der Waals surface area contributed by atoms with Crippen LogP contribution in [0.1, 0.15) is 0 Å². The molecule has 7 nitrogen and oxygen atoms in total. The predicted molar refractivity (Wildman–Crippen MR) is 81.8 cm³/mol. The molecule has 0 saturated carbocycles. The van der Waals surface area contributed by atoms with Crippen molar-refractivity contribution >= 4 is 11.6 Å². The highest BCUT2D eigenvalue weighted by molar-refractivity contribution is 5.64. The van der Waals surface area contributed by atoms with Gasteiger partial charge in [0.05, 0.1) is 4.92 Å².